The maximum Gasteiger partial charge on any atom is 0.229 e. The fraction of sp³-hybridized carbons (Fsp3) is 0.500. The van der Waals surface area contributed by atoms with Crippen molar-refractivity contribution in [2.75, 3.05) is 0 Å². The van der Waals surface area contributed by atoms with Crippen LogP contribution in [0.15, 0.2) is 12.2 Å². The lowest BCUT2D eigenvalue weighted by Gasteiger charge is -2.19. The highest BCUT2D eigenvalue weighted by molar-refractivity contribution is 5.85. The summed E-state index contributed by atoms with van der Waals surface area (Å²) in [6, 6.07) is 0. The first kappa shape index (κ1) is 4.99. The van der Waals surface area contributed by atoms with E-state index < -0.39 is 6.23 Å². The van der Waals surface area contributed by atoms with E-state index in [0.717, 1.165) is 0 Å². The van der Waals surface area contributed by atoms with Gasteiger partial charge in [-0.05, 0) is 0 Å². The summed E-state index contributed by atoms with van der Waals surface area (Å²) in [5, 5.41) is 11.4. The van der Waals surface area contributed by atoms with E-state index >= 15 is 0 Å². The summed E-state index contributed by atoms with van der Waals surface area (Å²) in [5.74, 6) is -0.0347. The lowest BCUT2D eigenvalue weighted by molar-refractivity contribution is -0.122. The van der Waals surface area contributed by atoms with Crippen molar-refractivity contribution in [3.8, 4) is 0 Å². The number of aliphatic hydroxyl groups excluding tert-OH is 1. The van der Waals surface area contributed by atoms with Crippen molar-refractivity contribution >= 4 is 5.91 Å². The molecule has 1 amide bonds. The zero-order valence-corrected chi connectivity index (χ0v) is 4.74. The maximum atomic E-state index is 10.7. The molecular weight excluding hydrogens is 118 g/mol. The van der Waals surface area contributed by atoms with Crippen LogP contribution in [-0.4, -0.2) is 17.2 Å². The minimum absolute atomic E-state index is 0.0417. The highest BCUT2D eigenvalue weighted by atomic mass is 16.3. The average molecular weight is 125 g/mol. The molecule has 1 aliphatic carbocycles. The maximum absolute atomic E-state index is 10.7. The van der Waals surface area contributed by atoms with Gasteiger partial charge in [0.25, 0.3) is 0 Å². The zero-order chi connectivity index (χ0) is 6.43. The number of nitrogens with one attached hydrogen (secondary N) is 1. The van der Waals surface area contributed by atoms with Crippen LogP contribution in [0.2, 0.25) is 0 Å². The molecular formula is C6H7NO2. The molecule has 2 N–H and O–H groups in total. The van der Waals surface area contributed by atoms with Crippen LogP contribution >= 0.6 is 0 Å². The lowest BCUT2D eigenvalue weighted by Crippen LogP contribution is -2.27. The summed E-state index contributed by atoms with van der Waals surface area (Å²) in [4.78, 5) is 10.7. The predicted octanol–water partition coefficient (Wildman–Crippen LogP) is -0.763. The third-order valence-electron chi connectivity index (χ3n) is 1.91. The molecule has 1 aliphatic heterocycles. The molecule has 2 rings (SSSR count). The van der Waals surface area contributed by atoms with Crippen molar-refractivity contribution in [1.29, 1.82) is 0 Å². The van der Waals surface area contributed by atoms with Gasteiger partial charge in [-0.15, -0.1) is 0 Å². The standard InChI is InChI=1S/C6H7NO2/c8-5-3-1-2-4(3)6(9)7-5/h1-5,8H,(H,7,9)/t3-,4+,5?/m0/s1. The smallest absolute Gasteiger partial charge is 0.229 e. The van der Waals surface area contributed by atoms with E-state index in [1.54, 1.807) is 0 Å². The first-order valence-electron chi connectivity index (χ1n) is 2.96. The Labute approximate surface area is 52.4 Å². The monoisotopic (exact) mass is 125 g/mol. The van der Waals surface area contributed by atoms with Crippen LogP contribution in [0, 0.1) is 11.8 Å². The Kier molecular flexibility index (Phi) is 0.754. The van der Waals surface area contributed by atoms with Gasteiger partial charge in [0.1, 0.15) is 6.23 Å². The number of hydrogen-bond donors (Lipinski definition) is 2. The van der Waals surface area contributed by atoms with Gasteiger partial charge >= 0.3 is 0 Å². The molecule has 9 heavy (non-hydrogen) atoms. The van der Waals surface area contributed by atoms with Gasteiger partial charge < -0.3 is 10.4 Å². The molecule has 0 radical (unpaired) electrons. The average Bonchev–Trinajstić information content (AvgIpc) is 1.73. The largest absolute Gasteiger partial charge is 0.373 e. The molecule has 1 unspecified atom stereocenters. The summed E-state index contributed by atoms with van der Waals surface area (Å²) >= 11 is 0. The van der Waals surface area contributed by atoms with Crippen LogP contribution in [0.3, 0.4) is 0 Å². The molecule has 1 fully saturated rings. The second-order valence-corrected chi connectivity index (χ2v) is 2.44. The van der Waals surface area contributed by atoms with Crippen molar-refractivity contribution in [3.05, 3.63) is 12.2 Å². The summed E-state index contributed by atoms with van der Waals surface area (Å²) in [6.45, 7) is 0. The van der Waals surface area contributed by atoms with Crippen LogP contribution < -0.4 is 5.32 Å². The fourth-order valence-electron chi connectivity index (χ4n) is 1.25. The number of carbonyl (C=O) groups excluding carboxylic acids is 1. The van der Waals surface area contributed by atoms with Gasteiger partial charge in [-0.2, -0.15) is 0 Å². The van der Waals surface area contributed by atoms with Gasteiger partial charge in [0, 0.05) is 5.92 Å². The van der Waals surface area contributed by atoms with Crippen LogP contribution in [0.4, 0.5) is 0 Å². The van der Waals surface area contributed by atoms with E-state index in [2.05, 4.69) is 5.32 Å². The summed E-state index contributed by atoms with van der Waals surface area (Å²) in [6.07, 6.45) is 3.04. The molecule has 0 aromatic carbocycles. The second kappa shape index (κ2) is 1.36. The molecule has 3 heteroatoms. The Hall–Kier alpha value is -0.830. The van der Waals surface area contributed by atoms with Crippen molar-refractivity contribution in [1.82, 2.24) is 5.32 Å². The summed E-state index contributed by atoms with van der Waals surface area (Å²) in [7, 11) is 0. The third kappa shape index (κ3) is 0.471. The third-order valence-corrected chi connectivity index (χ3v) is 1.91. The van der Waals surface area contributed by atoms with Gasteiger partial charge in [0.2, 0.25) is 5.91 Å². The van der Waals surface area contributed by atoms with Crippen LogP contribution in [0.1, 0.15) is 0 Å². The molecule has 3 atom stereocenters. The number of fused-ring (bicyclic) bond motifs is 1. The van der Waals surface area contributed by atoms with E-state index in [9.17, 15) is 4.79 Å². The molecule has 1 saturated heterocycles. The number of aliphatic hydroxyl groups is 1. The lowest BCUT2D eigenvalue weighted by atomic mass is 9.84. The first-order chi connectivity index (χ1) is 4.29. The zero-order valence-electron chi connectivity index (χ0n) is 4.74. The molecule has 1 heterocycles. The van der Waals surface area contributed by atoms with E-state index in [1.807, 2.05) is 12.2 Å². The predicted molar refractivity (Wildman–Crippen MR) is 30.3 cm³/mol. The molecule has 0 aromatic rings. The fourth-order valence-corrected chi connectivity index (χ4v) is 1.25. The minimum Gasteiger partial charge on any atom is -0.373 e. The van der Waals surface area contributed by atoms with Crippen LogP contribution in [-0.2, 0) is 4.79 Å². The normalized spacial score (nSPS) is 45.9. The molecule has 2 aliphatic rings. The van der Waals surface area contributed by atoms with E-state index in [0.29, 0.717) is 0 Å². The van der Waals surface area contributed by atoms with Crippen LogP contribution in [0.25, 0.3) is 0 Å². The highest BCUT2D eigenvalue weighted by Gasteiger charge is 2.42. The van der Waals surface area contributed by atoms with Crippen molar-refractivity contribution in [3.63, 3.8) is 0 Å². The molecule has 0 spiro atoms. The Morgan fingerprint density at radius 2 is 2.33 bits per heavy atom. The molecule has 48 valence electrons. The van der Waals surface area contributed by atoms with Crippen molar-refractivity contribution in [2.45, 2.75) is 6.23 Å². The van der Waals surface area contributed by atoms with Crippen molar-refractivity contribution in [2.24, 2.45) is 11.8 Å². The number of rotatable bonds is 0. The molecule has 0 bridgehead atoms. The molecule has 0 aromatic heterocycles. The van der Waals surface area contributed by atoms with E-state index in [-0.39, 0.29) is 17.7 Å². The second-order valence-electron chi connectivity index (χ2n) is 2.44. The molecule has 3 nitrogen and oxygen atoms in total. The Bertz CT molecular complexity index is 187. The summed E-state index contributed by atoms with van der Waals surface area (Å²) in [5.41, 5.74) is 0. The van der Waals surface area contributed by atoms with E-state index in [4.69, 9.17) is 5.11 Å². The number of amides is 1. The van der Waals surface area contributed by atoms with Crippen molar-refractivity contribution < 1.29 is 9.90 Å². The SMILES string of the molecule is O=C1NC(O)[C@H]2C=C[C@@H]12. The molecule has 0 saturated carbocycles. The van der Waals surface area contributed by atoms with Gasteiger partial charge in [-0.3, -0.25) is 4.79 Å². The van der Waals surface area contributed by atoms with Gasteiger partial charge in [-0.1, -0.05) is 12.2 Å². The Morgan fingerprint density at radius 3 is 2.56 bits per heavy atom. The quantitative estimate of drug-likeness (QED) is 0.418. The highest BCUT2D eigenvalue weighted by Crippen LogP contribution is 2.32. The first-order valence-corrected chi connectivity index (χ1v) is 2.96. The topological polar surface area (TPSA) is 49.3 Å². The Morgan fingerprint density at radius 1 is 1.56 bits per heavy atom. The van der Waals surface area contributed by atoms with Gasteiger partial charge in [0.15, 0.2) is 0 Å². The number of carbonyl (C=O) groups is 1. The number of hydrogen-bond acceptors (Lipinski definition) is 2. The van der Waals surface area contributed by atoms with Crippen LogP contribution in [0.5, 0.6) is 0 Å². The van der Waals surface area contributed by atoms with E-state index in [1.165, 1.54) is 0 Å². The van der Waals surface area contributed by atoms with Gasteiger partial charge in [-0.25, -0.2) is 0 Å². The Balaban J connectivity index is 2.27. The minimum atomic E-state index is -0.632. The van der Waals surface area contributed by atoms with Gasteiger partial charge in [0.05, 0.1) is 5.92 Å². The summed E-state index contributed by atoms with van der Waals surface area (Å²) < 4.78 is 0.